The number of rotatable bonds is 1. The maximum absolute atomic E-state index is 13.5. The van der Waals surface area contributed by atoms with Gasteiger partial charge < -0.3 is 5.73 Å². The van der Waals surface area contributed by atoms with Gasteiger partial charge >= 0.3 is 0 Å². The van der Waals surface area contributed by atoms with Crippen LogP contribution in [0.4, 0.5) is 4.39 Å². The second-order valence-electron chi connectivity index (χ2n) is 4.33. The molecule has 0 radical (unpaired) electrons. The van der Waals surface area contributed by atoms with E-state index in [1.54, 1.807) is 13.1 Å². The Kier molecular flexibility index (Phi) is 3.06. The van der Waals surface area contributed by atoms with Crippen molar-refractivity contribution in [3.63, 3.8) is 0 Å². The zero-order valence-electron chi connectivity index (χ0n) is 9.08. The van der Waals surface area contributed by atoms with Gasteiger partial charge in [-0.2, -0.15) is 5.10 Å². The highest BCUT2D eigenvalue weighted by atomic mass is 19.1. The third kappa shape index (κ3) is 1.80. The lowest BCUT2D eigenvalue weighted by molar-refractivity contribution is 0.527. The second kappa shape index (κ2) is 3.87. The van der Waals surface area contributed by atoms with Crippen molar-refractivity contribution in [2.75, 3.05) is 0 Å². The Bertz CT molecular complexity index is 509. The molecule has 0 amide bonds. The van der Waals surface area contributed by atoms with Crippen molar-refractivity contribution >= 4 is 10.9 Å². The van der Waals surface area contributed by atoms with Gasteiger partial charge in [0.1, 0.15) is 11.3 Å². The van der Waals surface area contributed by atoms with Crippen LogP contribution in [0, 0.1) is 5.82 Å². The van der Waals surface area contributed by atoms with Gasteiger partial charge in [0.15, 0.2) is 0 Å². The molecule has 0 saturated carbocycles. The van der Waals surface area contributed by atoms with Crippen molar-refractivity contribution < 1.29 is 4.39 Å². The van der Waals surface area contributed by atoms with Gasteiger partial charge in [0.25, 0.3) is 0 Å². The van der Waals surface area contributed by atoms with Gasteiger partial charge in [-0.25, -0.2) is 4.39 Å². The second-order valence-corrected chi connectivity index (χ2v) is 4.33. The van der Waals surface area contributed by atoms with Crippen molar-refractivity contribution in [1.82, 2.24) is 9.78 Å². The van der Waals surface area contributed by atoms with Crippen LogP contribution in [0.25, 0.3) is 10.9 Å². The third-order valence-electron chi connectivity index (χ3n) is 2.43. The zero-order valence-corrected chi connectivity index (χ0v) is 9.08. The molecule has 0 bridgehead atoms. The van der Waals surface area contributed by atoms with E-state index in [9.17, 15) is 4.39 Å². The summed E-state index contributed by atoms with van der Waals surface area (Å²) in [6.07, 6.45) is 0. The van der Waals surface area contributed by atoms with Gasteiger partial charge in [0, 0.05) is 12.4 Å². The van der Waals surface area contributed by atoms with Gasteiger partial charge in [-0.05, 0) is 19.9 Å². The Hall–Kier alpha value is -1.42. The minimum Gasteiger partial charge on any atom is -0.320 e. The lowest BCUT2D eigenvalue weighted by Crippen LogP contribution is -2.29. The first-order valence-electron chi connectivity index (χ1n) is 4.82. The minimum atomic E-state index is -0.562. The lowest BCUT2D eigenvalue weighted by atomic mass is 9.99. The van der Waals surface area contributed by atoms with E-state index < -0.39 is 5.54 Å². The van der Waals surface area contributed by atoms with Crippen LogP contribution in [0.2, 0.25) is 0 Å². The van der Waals surface area contributed by atoms with Crippen LogP contribution in [0.5, 0.6) is 0 Å². The van der Waals surface area contributed by atoms with Crippen LogP contribution in [0.3, 0.4) is 0 Å². The number of aryl methyl sites for hydroxylation is 1. The molecule has 4 heteroatoms. The highest BCUT2D eigenvalue weighted by Crippen LogP contribution is 2.26. The number of nitrogens with zero attached hydrogens (tertiary/aromatic N) is 2. The summed E-state index contributed by atoms with van der Waals surface area (Å²) < 4.78 is 15.1. The summed E-state index contributed by atoms with van der Waals surface area (Å²) in [7, 11) is 1.72. The maximum Gasteiger partial charge on any atom is 0.149 e. The summed E-state index contributed by atoms with van der Waals surface area (Å²) in [6, 6.07) is 4.95. The van der Waals surface area contributed by atoms with Gasteiger partial charge in [0.2, 0.25) is 0 Å². The molecule has 1 aromatic heterocycles. The van der Waals surface area contributed by atoms with Gasteiger partial charge in [-0.15, -0.1) is 0 Å². The fourth-order valence-corrected chi connectivity index (χ4v) is 1.77. The first-order valence-corrected chi connectivity index (χ1v) is 4.82. The highest BCUT2D eigenvalue weighted by Gasteiger charge is 2.23. The standard InChI is InChI=1S/C11H14FN3.CH4/c1-11(2,13)10-7-5-4-6-8(12)9(7)15(3)14-10;/h4-6H,13H2,1-3H3;1H4. The number of hydrogen-bond donors (Lipinski definition) is 1. The predicted molar refractivity (Wildman–Crippen MR) is 64.6 cm³/mol. The minimum absolute atomic E-state index is 0. The molecule has 16 heavy (non-hydrogen) atoms. The first kappa shape index (κ1) is 12.6. The van der Waals surface area contributed by atoms with Gasteiger partial charge in [-0.3, -0.25) is 4.68 Å². The van der Waals surface area contributed by atoms with Crippen molar-refractivity contribution in [2.24, 2.45) is 12.8 Å². The molecular weight excluding hydrogens is 205 g/mol. The average Bonchev–Trinajstić information content (AvgIpc) is 2.44. The number of benzene rings is 1. The molecule has 2 rings (SSSR count). The SMILES string of the molecule is C.Cn1nc(C(C)(C)N)c2cccc(F)c21. The number of para-hydroxylation sites is 1. The Labute approximate surface area is 95.1 Å². The molecule has 3 nitrogen and oxygen atoms in total. The lowest BCUT2D eigenvalue weighted by Gasteiger charge is -2.15. The molecule has 0 saturated heterocycles. The molecule has 0 unspecified atom stereocenters. The van der Waals surface area contributed by atoms with Crippen LogP contribution >= 0.6 is 0 Å². The molecular formula is C12H18FN3. The zero-order chi connectivity index (χ0) is 11.2. The van der Waals surface area contributed by atoms with Crippen LogP contribution in [-0.4, -0.2) is 9.78 Å². The normalized spacial score (nSPS) is 11.6. The van der Waals surface area contributed by atoms with Crippen molar-refractivity contribution in [3.05, 3.63) is 29.7 Å². The van der Waals surface area contributed by atoms with Crippen LogP contribution in [-0.2, 0) is 12.6 Å². The predicted octanol–water partition coefficient (Wildman–Crippen LogP) is 2.54. The molecule has 1 heterocycles. The molecule has 0 aliphatic rings. The highest BCUT2D eigenvalue weighted by molar-refractivity contribution is 5.83. The van der Waals surface area contributed by atoms with E-state index in [-0.39, 0.29) is 13.2 Å². The fourth-order valence-electron chi connectivity index (χ4n) is 1.77. The molecule has 0 aliphatic carbocycles. The molecule has 2 N–H and O–H groups in total. The molecule has 1 aromatic carbocycles. The number of hydrogen-bond acceptors (Lipinski definition) is 2. The number of halogens is 1. The van der Waals surface area contributed by atoms with E-state index in [1.807, 2.05) is 19.9 Å². The molecule has 2 aromatic rings. The van der Waals surface area contributed by atoms with Crippen LogP contribution in [0.1, 0.15) is 27.0 Å². The van der Waals surface area contributed by atoms with E-state index >= 15 is 0 Å². The maximum atomic E-state index is 13.5. The number of nitrogens with two attached hydrogens (primary N) is 1. The smallest absolute Gasteiger partial charge is 0.149 e. The summed E-state index contributed by atoms with van der Waals surface area (Å²) in [6.45, 7) is 3.72. The summed E-state index contributed by atoms with van der Waals surface area (Å²) in [5.41, 5.74) is 6.65. The average molecular weight is 223 g/mol. The Morgan fingerprint density at radius 3 is 2.56 bits per heavy atom. The quantitative estimate of drug-likeness (QED) is 0.807. The Balaban J connectivity index is 0.00000128. The molecule has 0 atom stereocenters. The van der Waals surface area contributed by atoms with Gasteiger partial charge in [-0.1, -0.05) is 19.6 Å². The van der Waals surface area contributed by atoms with Crippen molar-refractivity contribution in [3.8, 4) is 0 Å². The summed E-state index contributed by atoms with van der Waals surface area (Å²) in [5.74, 6) is -0.266. The number of fused-ring (bicyclic) bond motifs is 1. The monoisotopic (exact) mass is 223 g/mol. The topological polar surface area (TPSA) is 43.8 Å². The summed E-state index contributed by atoms with van der Waals surface area (Å²) in [4.78, 5) is 0. The number of aromatic nitrogens is 2. The molecule has 88 valence electrons. The molecule has 0 fully saturated rings. The van der Waals surface area contributed by atoms with Crippen molar-refractivity contribution in [2.45, 2.75) is 26.8 Å². The van der Waals surface area contributed by atoms with Gasteiger partial charge in [0.05, 0.1) is 11.2 Å². The Morgan fingerprint density at radius 2 is 2.00 bits per heavy atom. The Morgan fingerprint density at radius 1 is 1.38 bits per heavy atom. The van der Waals surface area contributed by atoms with E-state index in [2.05, 4.69) is 5.10 Å². The van der Waals surface area contributed by atoms with Crippen LogP contribution in [0.15, 0.2) is 18.2 Å². The first-order chi connectivity index (χ1) is 6.91. The van der Waals surface area contributed by atoms with E-state index in [1.165, 1.54) is 10.7 Å². The molecule has 0 spiro atoms. The molecule has 0 aliphatic heterocycles. The van der Waals surface area contributed by atoms with E-state index in [4.69, 9.17) is 5.73 Å². The fraction of sp³-hybridized carbons (Fsp3) is 0.417. The largest absolute Gasteiger partial charge is 0.320 e. The third-order valence-corrected chi connectivity index (χ3v) is 2.43. The van der Waals surface area contributed by atoms with Crippen LogP contribution < -0.4 is 5.73 Å². The van der Waals surface area contributed by atoms with E-state index in [0.29, 0.717) is 5.52 Å². The summed E-state index contributed by atoms with van der Waals surface area (Å²) in [5, 5.41) is 5.06. The van der Waals surface area contributed by atoms with E-state index in [0.717, 1.165) is 11.1 Å². The summed E-state index contributed by atoms with van der Waals surface area (Å²) >= 11 is 0. The van der Waals surface area contributed by atoms with Crippen molar-refractivity contribution in [1.29, 1.82) is 0 Å².